The SMILES string of the molecule is CC(C)(C)OC(=O)N1CCC[C@@]1(C)C(O)CCCc1ccccc1. The number of nitrogens with zero attached hydrogens (tertiary/aromatic N) is 1. The third-order valence-corrected chi connectivity index (χ3v) is 4.80. The van der Waals surface area contributed by atoms with Gasteiger partial charge in [0.15, 0.2) is 0 Å². The van der Waals surface area contributed by atoms with E-state index in [1.807, 2.05) is 45.9 Å². The van der Waals surface area contributed by atoms with E-state index in [1.165, 1.54) is 5.56 Å². The molecular formula is C20H31NO3. The number of hydrogen-bond donors (Lipinski definition) is 1. The van der Waals surface area contributed by atoms with Crippen molar-refractivity contribution in [3.63, 3.8) is 0 Å². The Balaban J connectivity index is 1.93. The zero-order chi connectivity index (χ0) is 17.8. The average molecular weight is 333 g/mol. The second-order valence-corrected chi connectivity index (χ2v) is 7.99. The van der Waals surface area contributed by atoms with Crippen LogP contribution in [0.25, 0.3) is 0 Å². The Kier molecular flexibility index (Phi) is 5.92. The molecule has 4 heteroatoms. The summed E-state index contributed by atoms with van der Waals surface area (Å²) in [4.78, 5) is 14.2. The number of amides is 1. The summed E-state index contributed by atoms with van der Waals surface area (Å²) in [5.41, 5.74) is 0.239. The Hall–Kier alpha value is -1.55. The highest BCUT2D eigenvalue weighted by Gasteiger charge is 2.46. The van der Waals surface area contributed by atoms with E-state index in [9.17, 15) is 9.90 Å². The minimum absolute atomic E-state index is 0.315. The van der Waals surface area contributed by atoms with Crippen molar-refractivity contribution in [2.45, 2.75) is 77.0 Å². The number of hydrogen-bond acceptors (Lipinski definition) is 3. The maximum absolute atomic E-state index is 12.5. The van der Waals surface area contributed by atoms with Crippen molar-refractivity contribution in [3.05, 3.63) is 35.9 Å². The second-order valence-electron chi connectivity index (χ2n) is 7.99. The molecule has 1 N–H and O–H groups in total. The van der Waals surface area contributed by atoms with Gasteiger partial charge in [-0.15, -0.1) is 0 Å². The summed E-state index contributed by atoms with van der Waals surface area (Å²) in [5, 5.41) is 10.8. The molecule has 1 aromatic carbocycles. The predicted octanol–water partition coefficient (Wildman–Crippen LogP) is 4.16. The summed E-state index contributed by atoms with van der Waals surface area (Å²) in [6.07, 6.45) is 3.42. The average Bonchev–Trinajstić information content (AvgIpc) is 2.90. The van der Waals surface area contributed by atoms with E-state index in [0.717, 1.165) is 25.7 Å². The second kappa shape index (κ2) is 7.56. The Morgan fingerprint density at radius 3 is 2.62 bits per heavy atom. The van der Waals surface area contributed by atoms with Gasteiger partial charge in [-0.2, -0.15) is 0 Å². The number of aliphatic hydroxyl groups excluding tert-OH is 1. The fraction of sp³-hybridized carbons (Fsp3) is 0.650. The highest BCUT2D eigenvalue weighted by Crippen LogP contribution is 2.35. The van der Waals surface area contributed by atoms with Gasteiger partial charge in [-0.25, -0.2) is 4.79 Å². The Labute approximate surface area is 145 Å². The molecule has 1 heterocycles. The zero-order valence-electron chi connectivity index (χ0n) is 15.4. The summed E-state index contributed by atoms with van der Waals surface area (Å²) in [6, 6.07) is 10.3. The van der Waals surface area contributed by atoms with Gasteiger partial charge in [-0.3, -0.25) is 0 Å². The van der Waals surface area contributed by atoms with E-state index in [1.54, 1.807) is 4.90 Å². The number of carbonyl (C=O) groups is 1. The molecule has 0 spiro atoms. The molecule has 24 heavy (non-hydrogen) atoms. The number of aryl methyl sites for hydroxylation is 1. The van der Waals surface area contributed by atoms with Crippen molar-refractivity contribution < 1.29 is 14.6 Å². The van der Waals surface area contributed by atoms with Crippen LogP contribution in [0.15, 0.2) is 30.3 Å². The highest BCUT2D eigenvalue weighted by molar-refractivity contribution is 5.69. The molecule has 1 unspecified atom stereocenters. The third kappa shape index (κ3) is 4.73. The van der Waals surface area contributed by atoms with Gasteiger partial charge in [-0.05, 0) is 65.4 Å². The Morgan fingerprint density at radius 2 is 2.00 bits per heavy atom. The van der Waals surface area contributed by atoms with Crippen LogP contribution in [-0.2, 0) is 11.2 Å². The summed E-state index contributed by atoms with van der Waals surface area (Å²) in [6.45, 7) is 8.25. The number of aliphatic hydroxyl groups is 1. The molecule has 0 bridgehead atoms. The van der Waals surface area contributed by atoms with Crippen molar-refractivity contribution in [2.24, 2.45) is 0 Å². The van der Waals surface area contributed by atoms with E-state index in [-0.39, 0.29) is 6.09 Å². The topological polar surface area (TPSA) is 49.8 Å². The lowest BCUT2D eigenvalue weighted by Gasteiger charge is -2.39. The van der Waals surface area contributed by atoms with Crippen LogP contribution in [0, 0.1) is 0 Å². The predicted molar refractivity (Wildman–Crippen MR) is 96.0 cm³/mol. The molecule has 134 valence electrons. The van der Waals surface area contributed by atoms with Crippen LogP contribution in [0.4, 0.5) is 4.79 Å². The van der Waals surface area contributed by atoms with E-state index < -0.39 is 17.2 Å². The first-order chi connectivity index (χ1) is 11.2. The van der Waals surface area contributed by atoms with Gasteiger partial charge in [0.1, 0.15) is 5.60 Å². The van der Waals surface area contributed by atoms with Crippen molar-refractivity contribution in [1.29, 1.82) is 0 Å². The largest absolute Gasteiger partial charge is 0.444 e. The van der Waals surface area contributed by atoms with Crippen molar-refractivity contribution in [3.8, 4) is 0 Å². The fourth-order valence-electron chi connectivity index (χ4n) is 3.40. The molecule has 0 saturated carbocycles. The molecular weight excluding hydrogens is 302 g/mol. The smallest absolute Gasteiger partial charge is 0.410 e. The van der Waals surface area contributed by atoms with E-state index in [2.05, 4.69) is 12.1 Å². The quantitative estimate of drug-likeness (QED) is 0.880. The van der Waals surface area contributed by atoms with Crippen LogP contribution in [0.2, 0.25) is 0 Å². The molecule has 1 saturated heterocycles. The lowest BCUT2D eigenvalue weighted by atomic mass is 9.88. The van der Waals surface area contributed by atoms with Gasteiger partial charge < -0.3 is 14.7 Å². The minimum atomic E-state index is -0.531. The molecule has 1 aliphatic rings. The normalized spacial score (nSPS) is 22.5. The number of benzene rings is 1. The Bertz CT molecular complexity index is 538. The lowest BCUT2D eigenvalue weighted by Crippen LogP contribution is -2.54. The Morgan fingerprint density at radius 1 is 1.33 bits per heavy atom. The summed E-state index contributed by atoms with van der Waals surface area (Å²) in [5.74, 6) is 0. The maximum Gasteiger partial charge on any atom is 0.410 e. The molecule has 1 aliphatic heterocycles. The highest BCUT2D eigenvalue weighted by atomic mass is 16.6. The third-order valence-electron chi connectivity index (χ3n) is 4.80. The van der Waals surface area contributed by atoms with Crippen LogP contribution in [-0.4, -0.2) is 39.9 Å². The van der Waals surface area contributed by atoms with Crippen LogP contribution in [0.3, 0.4) is 0 Å². The van der Waals surface area contributed by atoms with Gasteiger partial charge in [-0.1, -0.05) is 30.3 Å². The first kappa shape index (κ1) is 18.8. The van der Waals surface area contributed by atoms with Crippen molar-refractivity contribution in [1.82, 2.24) is 4.90 Å². The lowest BCUT2D eigenvalue weighted by molar-refractivity contribution is -0.0283. The molecule has 2 rings (SSSR count). The van der Waals surface area contributed by atoms with Crippen LogP contribution >= 0.6 is 0 Å². The van der Waals surface area contributed by atoms with Gasteiger partial charge in [0.05, 0.1) is 11.6 Å². The van der Waals surface area contributed by atoms with Gasteiger partial charge in [0.2, 0.25) is 0 Å². The van der Waals surface area contributed by atoms with E-state index >= 15 is 0 Å². The zero-order valence-corrected chi connectivity index (χ0v) is 15.4. The monoisotopic (exact) mass is 333 g/mol. The number of likely N-dealkylation sites (tertiary alicyclic amines) is 1. The minimum Gasteiger partial charge on any atom is -0.444 e. The van der Waals surface area contributed by atoms with E-state index in [0.29, 0.717) is 13.0 Å². The van der Waals surface area contributed by atoms with Gasteiger partial charge in [0, 0.05) is 6.54 Å². The molecule has 1 fully saturated rings. The summed E-state index contributed by atoms with van der Waals surface area (Å²) >= 11 is 0. The van der Waals surface area contributed by atoms with Gasteiger partial charge >= 0.3 is 6.09 Å². The summed E-state index contributed by atoms with van der Waals surface area (Å²) in [7, 11) is 0. The summed E-state index contributed by atoms with van der Waals surface area (Å²) < 4.78 is 5.52. The maximum atomic E-state index is 12.5. The van der Waals surface area contributed by atoms with Crippen LogP contribution < -0.4 is 0 Å². The molecule has 0 aromatic heterocycles. The van der Waals surface area contributed by atoms with Crippen LogP contribution in [0.5, 0.6) is 0 Å². The first-order valence-electron chi connectivity index (χ1n) is 8.95. The molecule has 2 atom stereocenters. The molecule has 4 nitrogen and oxygen atoms in total. The van der Waals surface area contributed by atoms with Crippen molar-refractivity contribution in [2.75, 3.05) is 6.54 Å². The molecule has 0 aliphatic carbocycles. The molecule has 1 amide bonds. The van der Waals surface area contributed by atoms with Crippen LogP contribution in [0.1, 0.15) is 58.9 Å². The molecule has 0 radical (unpaired) electrons. The van der Waals surface area contributed by atoms with Crippen molar-refractivity contribution >= 4 is 6.09 Å². The van der Waals surface area contributed by atoms with Gasteiger partial charge in [0.25, 0.3) is 0 Å². The number of ether oxygens (including phenoxy) is 1. The van der Waals surface area contributed by atoms with E-state index in [4.69, 9.17) is 4.74 Å². The first-order valence-corrected chi connectivity index (χ1v) is 8.95. The molecule has 1 aromatic rings. The standard InChI is InChI=1S/C20H31NO3/c1-19(2,3)24-18(23)21-15-9-14-20(21,4)17(22)13-8-12-16-10-6-5-7-11-16/h5-7,10-11,17,22H,8-9,12-15H2,1-4H3/t17?,20-/m0/s1. The fourth-order valence-corrected chi connectivity index (χ4v) is 3.40. The number of rotatable bonds is 5. The number of carbonyl (C=O) groups excluding carboxylic acids is 1.